The van der Waals surface area contributed by atoms with E-state index in [1.165, 1.54) is 12.1 Å². The molecule has 0 aliphatic heterocycles. The molecule has 0 aliphatic rings. The summed E-state index contributed by atoms with van der Waals surface area (Å²) in [6, 6.07) is 4.68. The summed E-state index contributed by atoms with van der Waals surface area (Å²) in [4.78, 5) is 22.2. The Hall–Kier alpha value is -1.93. The predicted octanol–water partition coefficient (Wildman–Crippen LogP) is 1.75. The first kappa shape index (κ1) is 19.1. The van der Waals surface area contributed by atoms with Crippen LogP contribution in [0.15, 0.2) is 23.1 Å². The lowest BCUT2D eigenvalue weighted by molar-refractivity contribution is -0.137. The first-order chi connectivity index (χ1) is 10.8. The molecule has 0 aliphatic carbocycles. The molecule has 1 aromatic carbocycles. The van der Waals surface area contributed by atoms with E-state index in [4.69, 9.17) is 9.84 Å². The first-order valence-electron chi connectivity index (χ1n) is 7.17. The summed E-state index contributed by atoms with van der Waals surface area (Å²) in [6.45, 7) is 3.86. The van der Waals surface area contributed by atoms with Gasteiger partial charge in [0.2, 0.25) is 0 Å². The van der Waals surface area contributed by atoms with Gasteiger partial charge in [0, 0.05) is 13.0 Å². The number of amides is 1. The highest BCUT2D eigenvalue weighted by molar-refractivity contribution is 7.79. The van der Waals surface area contributed by atoms with E-state index in [-0.39, 0.29) is 31.4 Å². The van der Waals surface area contributed by atoms with Crippen LogP contribution < -0.4 is 10.1 Å². The van der Waals surface area contributed by atoms with Gasteiger partial charge in [-0.2, -0.15) is 0 Å². The Labute approximate surface area is 137 Å². The second-order valence-electron chi connectivity index (χ2n) is 5.24. The van der Waals surface area contributed by atoms with Crippen LogP contribution in [0.5, 0.6) is 5.75 Å². The van der Waals surface area contributed by atoms with Crippen molar-refractivity contribution in [2.24, 2.45) is 0 Å². The molecule has 1 aromatic rings. The maximum Gasteiger partial charge on any atom is 0.303 e. The van der Waals surface area contributed by atoms with Crippen LogP contribution in [0.1, 0.15) is 38.2 Å². The molecule has 7 nitrogen and oxygen atoms in total. The molecule has 0 fully saturated rings. The fraction of sp³-hybridized carbons (Fsp3) is 0.467. The normalized spacial score (nSPS) is 12.0. The maximum absolute atomic E-state index is 11.6. The number of aliphatic carboxylic acids is 1. The molecule has 8 heteroatoms. The highest BCUT2D eigenvalue weighted by Gasteiger charge is 2.13. The zero-order valence-electron chi connectivity index (χ0n) is 13.1. The zero-order chi connectivity index (χ0) is 17.4. The predicted molar refractivity (Wildman–Crippen MR) is 84.9 cm³/mol. The van der Waals surface area contributed by atoms with Gasteiger partial charge in [0.15, 0.2) is 17.7 Å². The third kappa shape index (κ3) is 6.79. The maximum atomic E-state index is 11.6. The number of nitrogens with one attached hydrogen (secondary N) is 1. The molecule has 0 saturated heterocycles. The van der Waals surface area contributed by atoms with Crippen LogP contribution in [-0.4, -0.2) is 38.9 Å². The molecule has 3 N–H and O–H groups in total. The molecule has 0 bridgehead atoms. The van der Waals surface area contributed by atoms with Crippen LogP contribution in [0.4, 0.5) is 0 Å². The van der Waals surface area contributed by atoms with Gasteiger partial charge in [-0.05, 0) is 36.1 Å². The average molecular weight is 343 g/mol. The lowest BCUT2D eigenvalue weighted by Gasteiger charge is -2.13. The quantitative estimate of drug-likeness (QED) is 0.465. The SMILES string of the molecule is CC(C)c1cc(OCC(=O)NCCCC(=O)O)ccc1S(=O)O. The monoisotopic (exact) mass is 343 g/mol. The van der Waals surface area contributed by atoms with E-state index >= 15 is 0 Å². The highest BCUT2D eigenvalue weighted by Crippen LogP contribution is 2.26. The van der Waals surface area contributed by atoms with Gasteiger partial charge in [0.05, 0.1) is 4.90 Å². The number of ether oxygens (including phenoxy) is 1. The number of carboxylic acid groups (broad SMARTS) is 1. The van der Waals surface area contributed by atoms with Crippen molar-refractivity contribution in [3.05, 3.63) is 23.8 Å². The van der Waals surface area contributed by atoms with Crippen molar-refractivity contribution in [3.8, 4) is 5.75 Å². The van der Waals surface area contributed by atoms with Crippen molar-refractivity contribution in [1.82, 2.24) is 5.32 Å². The third-order valence-electron chi connectivity index (χ3n) is 3.05. The number of hydrogen-bond acceptors (Lipinski definition) is 4. The smallest absolute Gasteiger partial charge is 0.303 e. The van der Waals surface area contributed by atoms with E-state index in [9.17, 15) is 18.4 Å². The number of carboxylic acids is 1. The van der Waals surface area contributed by atoms with E-state index in [2.05, 4.69) is 5.32 Å². The summed E-state index contributed by atoms with van der Waals surface area (Å²) in [6.07, 6.45) is 0.355. The Kier molecular flexibility index (Phi) is 7.70. The number of carbonyl (C=O) groups is 2. The van der Waals surface area contributed by atoms with Crippen LogP contribution in [0, 0.1) is 0 Å². The van der Waals surface area contributed by atoms with Gasteiger partial charge >= 0.3 is 5.97 Å². The van der Waals surface area contributed by atoms with E-state index in [1.54, 1.807) is 6.07 Å². The minimum Gasteiger partial charge on any atom is -0.484 e. The zero-order valence-corrected chi connectivity index (χ0v) is 13.9. The molecule has 0 aromatic heterocycles. The van der Waals surface area contributed by atoms with Crippen LogP contribution in [0.2, 0.25) is 0 Å². The average Bonchev–Trinajstić information content (AvgIpc) is 2.48. The molecule has 0 heterocycles. The third-order valence-corrected chi connectivity index (χ3v) is 3.80. The van der Waals surface area contributed by atoms with Crippen molar-refractivity contribution in [1.29, 1.82) is 0 Å². The highest BCUT2D eigenvalue weighted by atomic mass is 32.2. The summed E-state index contributed by atoms with van der Waals surface area (Å²) >= 11 is -2.07. The second kappa shape index (κ2) is 9.26. The Morgan fingerprint density at radius 3 is 2.61 bits per heavy atom. The standard InChI is InChI=1S/C15H21NO6S/c1-10(2)12-8-11(5-6-13(12)23(20)21)22-9-14(17)16-7-3-4-15(18)19/h5-6,8,10H,3-4,7,9H2,1-2H3,(H,16,17)(H,18,19)(H,20,21). The Morgan fingerprint density at radius 2 is 2.04 bits per heavy atom. The minimum atomic E-state index is -2.07. The summed E-state index contributed by atoms with van der Waals surface area (Å²) in [7, 11) is 0. The fourth-order valence-corrected chi connectivity index (χ4v) is 2.57. The molecule has 1 unspecified atom stereocenters. The van der Waals surface area contributed by atoms with Gasteiger partial charge in [-0.15, -0.1) is 0 Å². The molecule has 23 heavy (non-hydrogen) atoms. The fourth-order valence-electron chi connectivity index (χ4n) is 1.89. The number of carbonyl (C=O) groups excluding carboxylic acids is 1. The van der Waals surface area contributed by atoms with E-state index in [0.29, 0.717) is 22.6 Å². The molecule has 0 saturated carbocycles. The van der Waals surface area contributed by atoms with Crippen LogP contribution in [-0.2, 0) is 20.7 Å². The second-order valence-corrected chi connectivity index (χ2v) is 6.18. The topological polar surface area (TPSA) is 113 Å². The van der Waals surface area contributed by atoms with Crippen molar-refractivity contribution >= 4 is 23.0 Å². The van der Waals surface area contributed by atoms with Crippen molar-refractivity contribution in [2.75, 3.05) is 13.2 Å². The molecular weight excluding hydrogens is 322 g/mol. The van der Waals surface area contributed by atoms with Crippen molar-refractivity contribution < 1.29 is 28.2 Å². The van der Waals surface area contributed by atoms with Crippen LogP contribution >= 0.6 is 0 Å². The molecular formula is C15H21NO6S. The van der Waals surface area contributed by atoms with E-state index in [1.807, 2.05) is 13.8 Å². The van der Waals surface area contributed by atoms with Gasteiger partial charge in [-0.25, -0.2) is 4.21 Å². The van der Waals surface area contributed by atoms with E-state index < -0.39 is 17.0 Å². The Balaban J connectivity index is 2.54. The van der Waals surface area contributed by atoms with Gasteiger partial charge in [0.1, 0.15) is 5.75 Å². The lowest BCUT2D eigenvalue weighted by atomic mass is 10.0. The van der Waals surface area contributed by atoms with Crippen LogP contribution in [0.3, 0.4) is 0 Å². The molecule has 0 radical (unpaired) electrons. The van der Waals surface area contributed by atoms with Crippen LogP contribution in [0.25, 0.3) is 0 Å². The first-order valence-corrected chi connectivity index (χ1v) is 8.28. The molecule has 1 amide bonds. The number of rotatable bonds is 9. The molecule has 1 atom stereocenters. The lowest BCUT2D eigenvalue weighted by Crippen LogP contribution is -2.30. The summed E-state index contributed by atoms with van der Waals surface area (Å²) in [5.41, 5.74) is 0.685. The van der Waals surface area contributed by atoms with Crippen molar-refractivity contribution in [3.63, 3.8) is 0 Å². The van der Waals surface area contributed by atoms with Crippen molar-refractivity contribution in [2.45, 2.75) is 37.5 Å². The molecule has 1 rings (SSSR count). The Bertz CT molecular complexity index is 587. The van der Waals surface area contributed by atoms with Gasteiger partial charge in [0.25, 0.3) is 5.91 Å². The van der Waals surface area contributed by atoms with Gasteiger partial charge in [-0.3, -0.25) is 9.59 Å². The van der Waals surface area contributed by atoms with E-state index in [0.717, 1.165) is 0 Å². The van der Waals surface area contributed by atoms with Gasteiger partial charge < -0.3 is 19.7 Å². The summed E-state index contributed by atoms with van der Waals surface area (Å²) in [5.74, 6) is -0.785. The Morgan fingerprint density at radius 1 is 1.35 bits per heavy atom. The largest absolute Gasteiger partial charge is 0.484 e. The number of benzene rings is 1. The summed E-state index contributed by atoms with van der Waals surface area (Å²) < 4.78 is 25.9. The molecule has 0 spiro atoms. The number of hydrogen-bond donors (Lipinski definition) is 3. The minimum absolute atomic E-state index is 0.00134. The van der Waals surface area contributed by atoms with Gasteiger partial charge in [-0.1, -0.05) is 13.8 Å². The summed E-state index contributed by atoms with van der Waals surface area (Å²) in [5, 5.41) is 11.0. The molecule has 128 valence electrons.